The summed E-state index contributed by atoms with van der Waals surface area (Å²) in [5.41, 5.74) is 6.50. The van der Waals surface area contributed by atoms with Crippen LogP contribution in [0, 0.1) is 0 Å². The topological polar surface area (TPSA) is 132 Å². The normalized spacial score (nSPS) is 14.6. The van der Waals surface area contributed by atoms with Gasteiger partial charge in [0.2, 0.25) is 0 Å². The molecule has 1 atom stereocenters. The number of nitrogens with one attached hydrogen (secondary N) is 3. The summed E-state index contributed by atoms with van der Waals surface area (Å²) in [6.07, 6.45) is 3.52. The van der Waals surface area contributed by atoms with Gasteiger partial charge in [-0.2, -0.15) is 5.10 Å². The van der Waals surface area contributed by atoms with Crippen LogP contribution in [0.25, 0.3) is 10.9 Å². The number of halogens is 2. The van der Waals surface area contributed by atoms with E-state index in [2.05, 4.69) is 25.7 Å². The average Bonchev–Trinajstić information content (AvgIpc) is 3.38. The fraction of sp³-hybridized carbons (Fsp3) is 0.212. The molecule has 0 fully saturated rings. The maximum atomic E-state index is 12.6. The highest BCUT2D eigenvalue weighted by atomic mass is 35.5. The molecule has 1 aliphatic heterocycles. The van der Waals surface area contributed by atoms with Crippen LogP contribution in [-0.4, -0.2) is 49.0 Å². The molecule has 11 nitrogen and oxygen atoms in total. The molecule has 1 aromatic heterocycles. The van der Waals surface area contributed by atoms with Crippen molar-refractivity contribution in [1.82, 2.24) is 20.6 Å². The molecule has 0 spiro atoms. The monoisotopic (exact) mass is 663 g/mol. The number of hydrogen-bond acceptors (Lipinski definition) is 7. The van der Waals surface area contributed by atoms with Crippen LogP contribution in [0.15, 0.2) is 83.2 Å². The van der Waals surface area contributed by atoms with Gasteiger partial charge in [-0.25, -0.2) is 15.0 Å². The van der Waals surface area contributed by atoms with Gasteiger partial charge < -0.3 is 29.4 Å². The molecule has 0 aliphatic carbocycles. The summed E-state index contributed by atoms with van der Waals surface area (Å²) in [7, 11) is 1.45. The maximum absolute atomic E-state index is 12.6. The first-order valence-corrected chi connectivity index (χ1v) is 15.0. The lowest BCUT2D eigenvalue weighted by Crippen LogP contribution is -2.45. The molecule has 4 aromatic rings. The van der Waals surface area contributed by atoms with E-state index in [1.165, 1.54) is 7.11 Å². The smallest absolute Gasteiger partial charge is 0.338 e. The van der Waals surface area contributed by atoms with Crippen LogP contribution in [0.1, 0.15) is 36.6 Å². The van der Waals surface area contributed by atoms with E-state index in [1.807, 2.05) is 42.6 Å². The van der Waals surface area contributed by atoms with E-state index in [0.29, 0.717) is 33.6 Å². The van der Waals surface area contributed by atoms with Crippen LogP contribution in [-0.2, 0) is 20.9 Å². The van der Waals surface area contributed by atoms with Crippen molar-refractivity contribution < 1.29 is 28.6 Å². The molecular weight excluding hydrogens is 633 g/mol. The summed E-state index contributed by atoms with van der Waals surface area (Å²) in [6.45, 7) is 3.74. The first-order chi connectivity index (χ1) is 22.2. The van der Waals surface area contributed by atoms with E-state index >= 15 is 0 Å². The molecule has 0 unspecified atom stereocenters. The first-order valence-electron chi connectivity index (χ1n) is 14.3. The third-order valence-electron chi connectivity index (χ3n) is 7.19. The van der Waals surface area contributed by atoms with Gasteiger partial charge in [-0.05, 0) is 55.3 Å². The second-order valence-corrected chi connectivity index (χ2v) is 11.1. The zero-order valence-corrected chi connectivity index (χ0v) is 26.7. The molecule has 0 radical (unpaired) electrons. The van der Waals surface area contributed by atoms with E-state index in [1.54, 1.807) is 44.3 Å². The van der Waals surface area contributed by atoms with E-state index in [-0.39, 0.29) is 24.5 Å². The van der Waals surface area contributed by atoms with Crippen LogP contribution in [0.2, 0.25) is 10.0 Å². The van der Waals surface area contributed by atoms with E-state index in [4.69, 9.17) is 37.4 Å². The number of methoxy groups -OCH3 is 1. The summed E-state index contributed by atoms with van der Waals surface area (Å²) in [5.74, 6) is -0.452. The lowest BCUT2D eigenvalue weighted by Gasteiger charge is -2.28. The van der Waals surface area contributed by atoms with Gasteiger partial charge in [-0.1, -0.05) is 53.5 Å². The molecule has 0 bridgehead atoms. The number of carbonyl (C=O) groups is 3. The van der Waals surface area contributed by atoms with E-state index in [9.17, 15) is 14.4 Å². The van der Waals surface area contributed by atoms with Crippen molar-refractivity contribution in [2.24, 2.45) is 5.10 Å². The minimum atomic E-state index is -0.775. The van der Waals surface area contributed by atoms with Crippen molar-refractivity contribution >= 4 is 58.2 Å². The number of esters is 1. The Morgan fingerprint density at radius 3 is 2.63 bits per heavy atom. The zero-order valence-electron chi connectivity index (χ0n) is 25.2. The summed E-state index contributed by atoms with van der Waals surface area (Å²) in [6, 6.07) is 17.1. The Balaban J connectivity index is 1.25. The Kier molecular flexibility index (Phi) is 10.1. The van der Waals surface area contributed by atoms with Crippen molar-refractivity contribution in [3.8, 4) is 11.5 Å². The molecule has 13 heteroatoms. The Morgan fingerprint density at radius 2 is 1.87 bits per heavy atom. The molecule has 3 aromatic carbocycles. The summed E-state index contributed by atoms with van der Waals surface area (Å²) in [4.78, 5) is 37.4. The van der Waals surface area contributed by atoms with Crippen LogP contribution in [0.4, 0.5) is 4.79 Å². The van der Waals surface area contributed by atoms with Gasteiger partial charge in [0, 0.05) is 34.9 Å². The lowest BCUT2D eigenvalue weighted by atomic mass is 9.95. The number of allylic oxidation sites excluding steroid dienone is 1. The van der Waals surface area contributed by atoms with E-state index < -0.39 is 23.9 Å². The molecule has 0 saturated heterocycles. The molecule has 0 saturated carbocycles. The Labute approximate surface area is 275 Å². The second kappa shape index (κ2) is 14.4. The minimum Gasteiger partial charge on any atom is -0.493 e. The van der Waals surface area contributed by atoms with Crippen molar-refractivity contribution in [1.29, 1.82) is 0 Å². The Hall–Kier alpha value is -5.00. The van der Waals surface area contributed by atoms with Crippen LogP contribution < -0.4 is 25.5 Å². The number of amides is 3. The molecule has 238 valence electrons. The predicted molar refractivity (Wildman–Crippen MR) is 175 cm³/mol. The van der Waals surface area contributed by atoms with Crippen molar-refractivity contribution in [3.05, 3.63) is 105 Å². The highest BCUT2D eigenvalue weighted by molar-refractivity contribution is 6.42. The standard InChI is InChI=1S/C33H31Cl2N5O6/c1-4-45-32(42)30-19(2)37-33(43)38-31(30)21-10-12-27(28(14-21)44-3)46-18-29(41)39-36-15-22-17-40(26-8-6-5-7-23(22)26)16-20-9-11-24(34)25(35)13-20/h5-15,17,31H,4,16,18H2,1-3H3,(H,39,41)(H2,37,38,43)/b36-15+/t31-/m0/s1. The van der Waals surface area contributed by atoms with Crippen LogP contribution in [0.5, 0.6) is 11.5 Å². The number of hydrogen-bond donors (Lipinski definition) is 3. The third kappa shape index (κ3) is 7.27. The lowest BCUT2D eigenvalue weighted by molar-refractivity contribution is -0.139. The number of hydrazone groups is 1. The van der Waals surface area contributed by atoms with Gasteiger partial charge in [0.05, 0.1) is 41.6 Å². The molecule has 3 amide bonds. The number of benzene rings is 3. The number of carbonyl (C=O) groups excluding carboxylic acids is 3. The van der Waals surface area contributed by atoms with E-state index in [0.717, 1.165) is 22.0 Å². The molecule has 5 rings (SSSR count). The van der Waals surface area contributed by atoms with Gasteiger partial charge in [0.15, 0.2) is 18.1 Å². The summed E-state index contributed by atoms with van der Waals surface area (Å²) in [5, 5.41) is 11.4. The molecular formula is C33H31Cl2N5O6. The van der Waals surface area contributed by atoms with Gasteiger partial charge in [-0.15, -0.1) is 0 Å². The number of para-hydroxylation sites is 1. The molecule has 2 heterocycles. The first kappa shape index (κ1) is 32.4. The number of fused-ring (bicyclic) bond motifs is 1. The van der Waals surface area contributed by atoms with Crippen molar-refractivity contribution in [2.75, 3.05) is 20.3 Å². The second-order valence-electron chi connectivity index (χ2n) is 10.3. The summed E-state index contributed by atoms with van der Waals surface area (Å²) < 4.78 is 18.4. The largest absolute Gasteiger partial charge is 0.493 e. The minimum absolute atomic E-state index is 0.182. The molecule has 3 N–H and O–H groups in total. The number of rotatable bonds is 11. The Morgan fingerprint density at radius 1 is 1.07 bits per heavy atom. The van der Waals surface area contributed by atoms with Gasteiger partial charge in [0.25, 0.3) is 5.91 Å². The van der Waals surface area contributed by atoms with Crippen molar-refractivity contribution in [3.63, 3.8) is 0 Å². The quantitative estimate of drug-likeness (QED) is 0.107. The fourth-order valence-corrected chi connectivity index (χ4v) is 5.42. The highest BCUT2D eigenvalue weighted by Gasteiger charge is 2.32. The maximum Gasteiger partial charge on any atom is 0.338 e. The van der Waals surface area contributed by atoms with Gasteiger partial charge in [0.1, 0.15) is 0 Å². The number of aromatic nitrogens is 1. The van der Waals surface area contributed by atoms with Crippen LogP contribution in [0.3, 0.4) is 0 Å². The van der Waals surface area contributed by atoms with Crippen molar-refractivity contribution in [2.45, 2.75) is 26.4 Å². The zero-order chi connectivity index (χ0) is 32.8. The SMILES string of the molecule is CCOC(=O)C1=C(C)NC(=O)N[C@H]1c1ccc(OCC(=O)N/N=C/c2cn(Cc3ccc(Cl)c(Cl)c3)c3ccccc23)c(OC)c1. The van der Waals surface area contributed by atoms with Gasteiger partial charge in [-0.3, -0.25) is 4.79 Å². The van der Waals surface area contributed by atoms with Crippen LogP contribution >= 0.6 is 23.2 Å². The number of ether oxygens (including phenoxy) is 3. The number of urea groups is 1. The average molecular weight is 665 g/mol. The van der Waals surface area contributed by atoms with Gasteiger partial charge >= 0.3 is 12.0 Å². The Bertz CT molecular complexity index is 1870. The highest BCUT2D eigenvalue weighted by Crippen LogP contribution is 2.34. The summed E-state index contributed by atoms with van der Waals surface area (Å²) >= 11 is 12.3. The molecule has 46 heavy (non-hydrogen) atoms. The number of nitrogens with zero attached hydrogens (tertiary/aromatic N) is 2. The fourth-order valence-electron chi connectivity index (χ4n) is 5.10. The predicted octanol–water partition coefficient (Wildman–Crippen LogP) is 5.73. The third-order valence-corrected chi connectivity index (χ3v) is 7.93. The molecule has 1 aliphatic rings.